The molecule has 0 atom stereocenters. The molecule has 0 aromatic heterocycles. The predicted octanol–water partition coefficient (Wildman–Crippen LogP) is 2.64. The van der Waals surface area contributed by atoms with Crippen LogP contribution in [0.25, 0.3) is 0 Å². The zero-order valence-corrected chi connectivity index (χ0v) is 6.01. The summed E-state index contributed by atoms with van der Waals surface area (Å²) in [6.07, 6.45) is -2.60. The van der Waals surface area contributed by atoms with Gasteiger partial charge in [-0.25, -0.2) is 8.78 Å². The van der Waals surface area contributed by atoms with Crippen molar-refractivity contribution in [2.24, 2.45) is 0 Å². The highest BCUT2D eigenvalue weighted by Crippen LogP contribution is 2.28. The van der Waals surface area contributed by atoms with Gasteiger partial charge in [0.25, 0.3) is 6.43 Å². The molecule has 60 valence electrons. The van der Waals surface area contributed by atoms with E-state index >= 15 is 0 Å². The van der Waals surface area contributed by atoms with Crippen LogP contribution >= 0.6 is 0 Å². The fourth-order valence-corrected chi connectivity index (χ4v) is 0.849. The SMILES string of the molecule is Cc1ccc(O)c(C(F)F)c1. The van der Waals surface area contributed by atoms with Crippen molar-refractivity contribution in [1.82, 2.24) is 0 Å². The van der Waals surface area contributed by atoms with Crippen molar-refractivity contribution < 1.29 is 13.9 Å². The Morgan fingerprint density at radius 3 is 2.45 bits per heavy atom. The fourth-order valence-electron chi connectivity index (χ4n) is 0.849. The lowest BCUT2D eigenvalue weighted by Gasteiger charge is -2.02. The summed E-state index contributed by atoms with van der Waals surface area (Å²) in [4.78, 5) is 0. The molecule has 0 aliphatic heterocycles. The number of hydrogen-bond acceptors (Lipinski definition) is 1. The topological polar surface area (TPSA) is 20.2 Å². The van der Waals surface area contributed by atoms with Crippen molar-refractivity contribution in [3.8, 4) is 5.75 Å². The van der Waals surface area contributed by atoms with Crippen LogP contribution in [0.2, 0.25) is 0 Å². The molecule has 0 amide bonds. The first-order valence-electron chi connectivity index (χ1n) is 3.19. The van der Waals surface area contributed by atoms with Crippen molar-refractivity contribution in [3.05, 3.63) is 29.3 Å². The number of phenols is 1. The minimum Gasteiger partial charge on any atom is -0.507 e. The minimum atomic E-state index is -2.60. The van der Waals surface area contributed by atoms with Gasteiger partial charge in [0.15, 0.2) is 0 Å². The molecular weight excluding hydrogens is 150 g/mol. The molecule has 0 aliphatic carbocycles. The van der Waals surface area contributed by atoms with Gasteiger partial charge < -0.3 is 5.11 Å². The zero-order chi connectivity index (χ0) is 8.43. The first-order chi connectivity index (χ1) is 5.11. The Hall–Kier alpha value is -1.12. The fraction of sp³-hybridized carbons (Fsp3) is 0.250. The maximum Gasteiger partial charge on any atom is 0.267 e. The van der Waals surface area contributed by atoms with Gasteiger partial charge >= 0.3 is 0 Å². The van der Waals surface area contributed by atoms with E-state index in [-0.39, 0.29) is 11.3 Å². The smallest absolute Gasteiger partial charge is 0.267 e. The molecule has 0 heterocycles. The molecule has 0 radical (unpaired) electrons. The number of aromatic hydroxyl groups is 1. The Morgan fingerprint density at radius 2 is 2.00 bits per heavy atom. The molecule has 0 spiro atoms. The van der Waals surface area contributed by atoms with Crippen molar-refractivity contribution >= 4 is 0 Å². The number of alkyl halides is 2. The molecule has 1 aromatic rings. The summed E-state index contributed by atoms with van der Waals surface area (Å²) in [7, 11) is 0. The van der Waals surface area contributed by atoms with E-state index in [1.807, 2.05) is 0 Å². The van der Waals surface area contributed by atoms with Crippen LogP contribution in [0.5, 0.6) is 5.75 Å². The molecular formula is C8H8F2O. The minimum absolute atomic E-state index is 0.301. The number of halogens is 2. The molecule has 0 saturated heterocycles. The molecule has 1 N–H and O–H groups in total. The van der Waals surface area contributed by atoms with E-state index in [2.05, 4.69) is 0 Å². The number of rotatable bonds is 1. The molecule has 0 fully saturated rings. The van der Waals surface area contributed by atoms with Gasteiger partial charge in [0.05, 0.1) is 5.56 Å². The summed E-state index contributed by atoms with van der Waals surface area (Å²) in [5.74, 6) is -0.342. The Bertz CT molecular complexity index is 258. The molecule has 0 bridgehead atoms. The van der Waals surface area contributed by atoms with Gasteiger partial charge in [0, 0.05) is 0 Å². The van der Waals surface area contributed by atoms with Crippen LogP contribution in [0.15, 0.2) is 18.2 Å². The Labute approximate surface area is 63.3 Å². The third-order valence-corrected chi connectivity index (χ3v) is 1.42. The Balaban J connectivity index is 3.13. The van der Waals surface area contributed by atoms with Crippen LogP contribution in [-0.2, 0) is 0 Å². The predicted molar refractivity (Wildman–Crippen MR) is 37.8 cm³/mol. The molecule has 0 saturated carbocycles. The summed E-state index contributed by atoms with van der Waals surface area (Å²) in [6, 6.07) is 4.14. The lowest BCUT2D eigenvalue weighted by molar-refractivity contribution is 0.147. The second-order valence-electron chi connectivity index (χ2n) is 2.36. The third-order valence-electron chi connectivity index (χ3n) is 1.42. The second kappa shape index (κ2) is 2.86. The molecule has 1 rings (SSSR count). The summed E-state index contributed by atoms with van der Waals surface area (Å²) in [5.41, 5.74) is 0.420. The molecule has 1 nitrogen and oxygen atoms in total. The molecule has 3 heteroatoms. The average Bonchev–Trinajstić information content (AvgIpc) is 1.94. The van der Waals surface area contributed by atoms with Crippen LogP contribution < -0.4 is 0 Å². The summed E-state index contributed by atoms with van der Waals surface area (Å²) in [5, 5.41) is 8.93. The van der Waals surface area contributed by atoms with E-state index in [4.69, 9.17) is 5.11 Å². The van der Waals surface area contributed by atoms with E-state index in [0.29, 0.717) is 0 Å². The highest BCUT2D eigenvalue weighted by Gasteiger charge is 2.11. The van der Waals surface area contributed by atoms with Crippen LogP contribution in [0.3, 0.4) is 0 Å². The van der Waals surface area contributed by atoms with Crippen LogP contribution in [0, 0.1) is 6.92 Å². The number of aryl methyl sites for hydroxylation is 1. The summed E-state index contributed by atoms with van der Waals surface area (Å²) >= 11 is 0. The van der Waals surface area contributed by atoms with Gasteiger partial charge in [-0.1, -0.05) is 11.6 Å². The van der Waals surface area contributed by atoms with Gasteiger partial charge in [-0.3, -0.25) is 0 Å². The second-order valence-corrected chi connectivity index (χ2v) is 2.36. The van der Waals surface area contributed by atoms with Gasteiger partial charge in [0.2, 0.25) is 0 Å². The van der Waals surface area contributed by atoms with Crippen molar-refractivity contribution in [3.63, 3.8) is 0 Å². The maximum atomic E-state index is 12.0. The average molecular weight is 158 g/mol. The number of hydrogen-bond donors (Lipinski definition) is 1. The van der Waals surface area contributed by atoms with Crippen LogP contribution in [0.4, 0.5) is 8.78 Å². The van der Waals surface area contributed by atoms with E-state index < -0.39 is 6.43 Å². The van der Waals surface area contributed by atoms with Crippen molar-refractivity contribution in [2.75, 3.05) is 0 Å². The lowest BCUT2D eigenvalue weighted by Crippen LogP contribution is -1.85. The summed E-state index contributed by atoms with van der Waals surface area (Å²) in [6.45, 7) is 1.70. The normalized spacial score (nSPS) is 10.5. The Kier molecular flexibility index (Phi) is 2.08. The molecule has 11 heavy (non-hydrogen) atoms. The monoisotopic (exact) mass is 158 g/mol. The third kappa shape index (κ3) is 1.67. The van der Waals surface area contributed by atoms with Gasteiger partial charge in [-0.05, 0) is 19.1 Å². The Morgan fingerprint density at radius 1 is 1.36 bits per heavy atom. The highest BCUT2D eigenvalue weighted by atomic mass is 19.3. The first kappa shape index (κ1) is 7.98. The largest absolute Gasteiger partial charge is 0.507 e. The van der Waals surface area contributed by atoms with Crippen molar-refractivity contribution in [1.29, 1.82) is 0 Å². The first-order valence-corrected chi connectivity index (χ1v) is 3.19. The molecule has 1 aromatic carbocycles. The number of benzene rings is 1. The maximum absolute atomic E-state index is 12.0. The van der Waals surface area contributed by atoms with Gasteiger partial charge in [0.1, 0.15) is 5.75 Å². The van der Waals surface area contributed by atoms with Crippen LogP contribution in [-0.4, -0.2) is 5.11 Å². The van der Waals surface area contributed by atoms with E-state index in [9.17, 15) is 8.78 Å². The molecule has 0 unspecified atom stereocenters. The summed E-state index contributed by atoms with van der Waals surface area (Å²) < 4.78 is 24.1. The standard InChI is InChI=1S/C8H8F2O/c1-5-2-3-7(11)6(4-5)8(9)10/h2-4,8,11H,1H3. The van der Waals surface area contributed by atoms with E-state index in [0.717, 1.165) is 5.56 Å². The highest BCUT2D eigenvalue weighted by molar-refractivity contribution is 5.36. The van der Waals surface area contributed by atoms with E-state index in [1.165, 1.54) is 12.1 Å². The van der Waals surface area contributed by atoms with Crippen molar-refractivity contribution in [2.45, 2.75) is 13.3 Å². The molecule has 0 aliphatic rings. The van der Waals surface area contributed by atoms with Crippen LogP contribution in [0.1, 0.15) is 17.6 Å². The van der Waals surface area contributed by atoms with Gasteiger partial charge in [-0.15, -0.1) is 0 Å². The lowest BCUT2D eigenvalue weighted by atomic mass is 10.1. The number of phenolic OH excluding ortho intramolecular Hbond substituents is 1. The van der Waals surface area contributed by atoms with Gasteiger partial charge in [-0.2, -0.15) is 0 Å². The van der Waals surface area contributed by atoms with E-state index in [1.54, 1.807) is 13.0 Å². The quantitative estimate of drug-likeness (QED) is 0.666. The zero-order valence-electron chi connectivity index (χ0n) is 6.01.